The normalized spacial score (nSPS) is 14.6. The minimum Gasteiger partial charge on any atom is -0.490 e. The molecule has 7 heteroatoms. The molecule has 24 heavy (non-hydrogen) atoms. The first-order chi connectivity index (χ1) is 11.2. The van der Waals surface area contributed by atoms with Crippen molar-refractivity contribution < 1.29 is 14.3 Å². The molecule has 0 saturated carbocycles. The van der Waals surface area contributed by atoms with Crippen molar-refractivity contribution >= 4 is 18.3 Å². The maximum absolute atomic E-state index is 12.3. The molecule has 1 amide bonds. The van der Waals surface area contributed by atoms with Gasteiger partial charge in [-0.1, -0.05) is 0 Å². The fraction of sp³-hybridized carbons (Fsp3) is 0.588. The second-order valence-corrected chi connectivity index (χ2v) is 5.38. The van der Waals surface area contributed by atoms with Crippen LogP contribution in [0.1, 0.15) is 24.2 Å². The van der Waals surface area contributed by atoms with Gasteiger partial charge in [0.2, 0.25) is 0 Å². The summed E-state index contributed by atoms with van der Waals surface area (Å²) >= 11 is 0. The van der Waals surface area contributed by atoms with E-state index in [9.17, 15) is 4.79 Å². The fourth-order valence-corrected chi connectivity index (χ4v) is 2.56. The molecule has 0 aromatic heterocycles. The van der Waals surface area contributed by atoms with E-state index in [0.29, 0.717) is 36.8 Å². The molecule has 0 radical (unpaired) electrons. The number of nitrogens with zero attached hydrogens (tertiary/aromatic N) is 1. The molecule has 0 atom stereocenters. The number of hydrogen-bond acceptors (Lipinski definition) is 5. The lowest BCUT2D eigenvalue weighted by Crippen LogP contribution is -2.46. The van der Waals surface area contributed by atoms with Crippen molar-refractivity contribution in [3.8, 4) is 11.5 Å². The molecule has 2 N–H and O–H groups in total. The van der Waals surface area contributed by atoms with E-state index in [1.807, 2.05) is 13.8 Å². The van der Waals surface area contributed by atoms with E-state index >= 15 is 0 Å². The van der Waals surface area contributed by atoms with Crippen molar-refractivity contribution in [1.29, 1.82) is 0 Å². The summed E-state index contributed by atoms with van der Waals surface area (Å²) in [6, 6.07) is 5.31. The summed E-state index contributed by atoms with van der Waals surface area (Å²) in [5.74, 6) is 1.21. The van der Waals surface area contributed by atoms with Crippen LogP contribution in [0.15, 0.2) is 18.2 Å². The zero-order chi connectivity index (χ0) is 16.5. The summed E-state index contributed by atoms with van der Waals surface area (Å²) in [7, 11) is 0. The fourth-order valence-electron chi connectivity index (χ4n) is 2.56. The third kappa shape index (κ3) is 6.19. The first-order valence-corrected chi connectivity index (χ1v) is 8.35. The van der Waals surface area contributed by atoms with Crippen molar-refractivity contribution in [1.82, 2.24) is 15.5 Å². The lowest BCUT2D eigenvalue weighted by Gasteiger charge is -2.27. The standard InChI is InChI=1S/C17H27N3O3.ClH/c1-3-22-15-6-5-14(13-16(15)23-4-2)17(21)19-9-12-20-10-7-18-8-11-20;/h5-6,13,18H,3-4,7-12H2,1-2H3,(H,19,21);1H. The van der Waals surface area contributed by atoms with Gasteiger partial charge in [-0.05, 0) is 32.0 Å². The first-order valence-electron chi connectivity index (χ1n) is 8.35. The molecule has 1 aliphatic heterocycles. The molecule has 1 fully saturated rings. The summed E-state index contributed by atoms with van der Waals surface area (Å²) in [5.41, 5.74) is 0.595. The molecular weight excluding hydrogens is 330 g/mol. The molecule has 1 aliphatic rings. The van der Waals surface area contributed by atoms with Crippen LogP contribution in [0.4, 0.5) is 0 Å². The summed E-state index contributed by atoms with van der Waals surface area (Å²) in [6.07, 6.45) is 0. The second-order valence-electron chi connectivity index (χ2n) is 5.38. The van der Waals surface area contributed by atoms with Crippen molar-refractivity contribution in [3.63, 3.8) is 0 Å². The number of carbonyl (C=O) groups excluding carboxylic acids is 1. The first kappa shape index (κ1) is 20.5. The Bertz CT molecular complexity index is 508. The highest BCUT2D eigenvalue weighted by Crippen LogP contribution is 2.28. The van der Waals surface area contributed by atoms with E-state index in [1.165, 1.54) is 0 Å². The molecule has 0 unspecified atom stereocenters. The van der Waals surface area contributed by atoms with Gasteiger partial charge in [-0.2, -0.15) is 0 Å². The lowest BCUT2D eigenvalue weighted by atomic mass is 10.2. The average molecular weight is 358 g/mol. The van der Waals surface area contributed by atoms with Crippen molar-refractivity contribution in [2.24, 2.45) is 0 Å². The topological polar surface area (TPSA) is 62.8 Å². The third-order valence-corrected chi connectivity index (χ3v) is 3.73. The number of amides is 1. The molecule has 6 nitrogen and oxygen atoms in total. The number of carbonyl (C=O) groups is 1. The van der Waals surface area contributed by atoms with E-state index in [1.54, 1.807) is 18.2 Å². The van der Waals surface area contributed by atoms with Crippen LogP contribution in [0.25, 0.3) is 0 Å². The Morgan fingerprint density at radius 1 is 1.17 bits per heavy atom. The van der Waals surface area contributed by atoms with E-state index in [2.05, 4.69) is 15.5 Å². The molecule has 1 aromatic rings. The van der Waals surface area contributed by atoms with E-state index in [0.717, 1.165) is 32.7 Å². The van der Waals surface area contributed by atoms with Crippen LogP contribution in [0, 0.1) is 0 Å². The van der Waals surface area contributed by atoms with Crippen LogP contribution in [-0.4, -0.2) is 63.3 Å². The number of piperazine rings is 1. The number of halogens is 1. The largest absolute Gasteiger partial charge is 0.490 e. The minimum atomic E-state index is -0.0795. The van der Waals surface area contributed by atoms with E-state index in [4.69, 9.17) is 9.47 Å². The average Bonchev–Trinajstić information content (AvgIpc) is 2.58. The molecule has 1 heterocycles. The molecule has 136 valence electrons. The maximum Gasteiger partial charge on any atom is 0.251 e. The molecule has 1 saturated heterocycles. The Balaban J connectivity index is 0.00000288. The van der Waals surface area contributed by atoms with Gasteiger partial charge in [-0.15, -0.1) is 12.4 Å². The zero-order valence-corrected chi connectivity index (χ0v) is 15.3. The number of ether oxygens (including phenoxy) is 2. The number of rotatable bonds is 8. The molecule has 1 aromatic carbocycles. The van der Waals surface area contributed by atoms with Crippen LogP contribution >= 0.6 is 12.4 Å². The molecule has 0 aliphatic carbocycles. The van der Waals surface area contributed by atoms with Crippen molar-refractivity contribution in [2.45, 2.75) is 13.8 Å². The van der Waals surface area contributed by atoms with Crippen LogP contribution < -0.4 is 20.1 Å². The molecule has 0 spiro atoms. The number of hydrogen-bond donors (Lipinski definition) is 2. The zero-order valence-electron chi connectivity index (χ0n) is 14.5. The van der Waals surface area contributed by atoms with Crippen molar-refractivity contribution in [3.05, 3.63) is 23.8 Å². The van der Waals surface area contributed by atoms with Gasteiger partial charge in [0.15, 0.2) is 11.5 Å². The smallest absolute Gasteiger partial charge is 0.251 e. The Labute approximate surface area is 150 Å². The SMILES string of the molecule is CCOc1ccc(C(=O)NCCN2CCNCC2)cc1OCC.Cl. The van der Waals surface area contributed by atoms with Gasteiger partial charge in [0.05, 0.1) is 13.2 Å². The Hall–Kier alpha value is -1.50. The van der Waals surface area contributed by atoms with Gasteiger partial charge in [0.1, 0.15) is 0 Å². The second kappa shape index (κ2) is 11.1. The quantitative estimate of drug-likeness (QED) is 0.739. The van der Waals surface area contributed by atoms with E-state index in [-0.39, 0.29) is 18.3 Å². The molecular formula is C17H28ClN3O3. The van der Waals surface area contributed by atoms with Gasteiger partial charge in [0, 0.05) is 44.8 Å². The minimum absolute atomic E-state index is 0. The van der Waals surface area contributed by atoms with Gasteiger partial charge >= 0.3 is 0 Å². The summed E-state index contributed by atoms with van der Waals surface area (Å²) in [5, 5.41) is 6.29. The third-order valence-electron chi connectivity index (χ3n) is 3.73. The Kier molecular flexibility index (Phi) is 9.52. The van der Waals surface area contributed by atoms with Crippen LogP contribution in [0.3, 0.4) is 0 Å². The van der Waals surface area contributed by atoms with Crippen LogP contribution in [-0.2, 0) is 0 Å². The highest BCUT2D eigenvalue weighted by atomic mass is 35.5. The summed E-state index contributed by atoms with van der Waals surface area (Å²) in [4.78, 5) is 14.6. The lowest BCUT2D eigenvalue weighted by molar-refractivity contribution is 0.0946. The van der Waals surface area contributed by atoms with E-state index < -0.39 is 0 Å². The van der Waals surface area contributed by atoms with Crippen LogP contribution in [0.5, 0.6) is 11.5 Å². The number of nitrogens with one attached hydrogen (secondary N) is 2. The number of benzene rings is 1. The van der Waals surface area contributed by atoms with Gasteiger partial charge in [0.25, 0.3) is 5.91 Å². The van der Waals surface area contributed by atoms with Gasteiger partial charge < -0.3 is 20.1 Å². The van der Waals surface area contributed by atoms with Crippen molar-refractivity contribution in [2.75, 3.05) is 52.5 Å². The Morgan fingerprint density at radius 3 is 2.50 bits per heavy atom. The molecule has 0 bridgehead atoms. The predicted octanol–water partition coefficient (Wildman–Crippen LogP) is 1.54. The summed E-state index contributed by atoms with van der Waals surface area (Å²) in [6.45, 7) is 10.6. The van der Waals surface area contributed by atoms with Gasteiger partial charge in [-0.25, -0.2) is 0 Å². The van der Waals surface area contributed by atoms with Gasteiger partial charge in [-0.3, -0.25) is 9.69 Å². The monoisotopic (exact) mass is 357 g/mol. The van der Waals surface area contributed by atoms with Crippen LogP contribution in [0.2, 0.25) is 0 Å². The summed E-state index contributed by atoms with van der Waals surface area (Å²) < 4.78 is 11.1. The maximum atomic E-state index is 12.3. The molecule has 2 rings (SSSR count). The highest BCUT2D eigenvalue weighted by molar-refractivity contribution is 5.94. The predicted molar refractivity (Wildman–Crippen MR) is 97.7 cm³/mol. The highest BCUT2D eigenvalue weighted by Gasteiger charge is 2.13. The Morgan fingerprint density at radius 2 is 1.83 bits per heavy atom.